The van der Waals surface area contributed by atoms with E-state index in [0.29, 0.717) is 16.9 Å². The summed E-state index contributed by atoms with van der Waals surface area (Å²) in [6, 6.07) is 34.4. The number of aromatic nitrogens is 2. The Labute approximate surface area is 361 Å². The van der Waals surface area contributed by atoms with Gasteiger partial charge in [-0.25, -0.2) is 4.79 Å². The van der Waals surface area contributed by atoms with Gasteiger partial charge in [0.25, 0.3) is 11.8 Å². The Morgan fingerprint density at radius 1 is 0.934 bits per heavy atom. The molecule has 0 unspecified atom stereocenters. The lowest BCUT2D eigenvalue weighted by atomic mass is 9.77. The van der Waals surface area contributed by atoms with Crippen LogP contribution in [0.5, 0.6) is 5.75 Å². The fourth-order valence-electron chi connectivity index (χ4n) is 6.76. The molecule has 0 radical (unpaired) electrons. The van der Waals surface area contributed by atoms with Crippen LogP contribution in [-0.2, 0) is 36.1 Å². The third-order valence-corrected chi connectivity index (χ3v) is 11.7. The van der Waals surface area contributed by atoms with Gasteiger partial charge in [-0.15, -0.1) is 23.4 Å². The Morgan fingerprint density at radius 3 is 2.10 bits per heavy atom. The van der Waals surface area contributed by atoms with Gasteiger partial charge in [-0.2, -0.15) is 22.5 Å². The molecule has 0 aliphatic carbocycles. The average molecular weight is 889 g/mol. The largest absolute Gasteiger partial charge is 0.497 e. The van der Waals surface area contributed by atoms with Crippen LogP contribution in [-0.4, -0.2) is 80.7 Å². The van der Waals surface area contributed by atoms with E-state index in [1.54, 1.807) is 36.4 Å². The van der Waals surface area contributed by atoms with Crippen LogP contribution in [0.1, 0.15) is 28.1 Å². The zero-order valence-corrected chi connectivity index (χ0v) is 34.6. The van der Waals surface area contributed by atoms with Gasteiger partial charge in [0.1, 0.15) is 35.0 Å². The molecule has 1 fully saturated rings. The molecule has 0 bridgehead atoms. The van der Waals surface area contributed by atoms with Gasteiger partial charge in [0, 0.05) is 23.2 Å². The molecule has 0 spiro atoms. The predicted octanol–water partition coefficient (Wildman–Crippen LogP) is 7.43. The molecule has 2 aliphatic rings. The summed E-state index contributed by atoms with van der Waals surface area (Å²) in [6.07, 6.45) is -1.53. The van der Waals surface area contributed by atoms with E-state index >= 15 is 0 Å². The van der Waals surface area contributed by atoms with Gasteiger partial charge in [-0.3, -0.25) is 14.5 Å². The number of hydrogen-bond acceptors (Lipinski definition) is 12. The second-order valence-corrected chi connectivity index (χ2v) is 15.6. The lowest BCUT2D eigenvalue weighted by Gasteiger charge is -2.49. The fraction of sp³-hybridized carbons (Fsp3) is 0.209. The van der Waals surface area contributed by atoms with E-state index in [1.165, 1.54) is 23.8 Å². The molecule has 0 saturated carbocycles. The van der Waals surface area contributed by atoms with Crippen LogP contribution in [0.15, 0.2) is 144 Å². The number of carbonyl (C=O) groups excluding carboxylic acids is 3. The summed E-state index contributed by atoms with van der Waals surface area (Å²) < 4.78 is 54.8. The van der Waals surface area contributed by atoms with Crippen molar-refractivity contribution in [3.05, 3.63) is 167 Å². The number of amides is 2. The minimum atomic E-state index is -4.78. The van der Waals surface area contributed by atoms with Crippen molar-refractivity contribution in [3.8, 4) is 5.75 Å². The van der Waals surface area contributed by atoms with Crippen molar-refractivity contribution in [1.29, 1.82) is 0 Å². The third-order valence-electron chi connectivity index (χ3n) is 9.57. The van der Waals surface area contributed by atoms with Crippen molar-refractivity contribution < 1.29 is 41.9 Å². The first-order valence-corrected chi connectivity index (χ1v) is 20.9. The van der Waals surface area contributed by atoms with Gasteiger partial charge >= 0.3 is 12.1 Å². The monoisotopic (exact) mass is 888 g/mol. The molecule has 7 rings (SSSR count). The maximum Gasteiger partial charge on any atom is 0.425 e. The van der Waals surface area contributed by atoms with Gasteiger partial charge in [0.05, 0.1) is 7.11 Å². The Hall–Kier alpha value is -6.17. The number of fused-ring (bicyclic) bond motifs is 1. The molecule has 2 N–H and O–H groups in total. The van der Waals surface area contributed by atoms with E-state index in [1.807, 2.05) is 91.0 Å². The van der Waals surface area contributed by atoms with Crippen molar-refractivity contribution in [2.75, 3.05) is 30.7 Å². The lowest BCUT2D eigenvalue weighted by Crippen LogP contribution is -2.71. The number of alkyl halides is 4. The summed E-state index contributed by atoms with van der Waals surface area (Å²) in [5.41, 5.74) is 1.88. The number of oxime groups is 1. The number of ether oxygens (including phenoxy) is 2. The van der Waals surface area contributed by atoms with Crippen LogP contribution in [0.2, 0.25) is 0 Å². The van der Waals surface area contributed by atoms with Crippen molar-refractivity contribution in [3.63, 3.8) is 0 Å². The number of nitrogens with zero attached hydrogens (tertiary/aromatic N) is 4. The molecule has 2 amide bonds. The standard InChI is InChI=1S/C43H36ClF3N6O6S2/c1-57-32-21-19-27(20-22-32)24-58-40(56)35-28(12-11-23-44)25-60-39-34(38(55)53(35)39)48-37(54)33(51-59-26-42(45,46)47)36-49-41(61-52-36)50-43(29-13-5-2-6-14-29,30-15-7-3-8-16-30)31-17-9-4-10-18-31/h2-22,34,39H,23-26H2,1H3,(H,48,54)(H,49,50,52)/b12-11-,51-33-/t34-,39-/m1/s1. The normalized spacial score (nSPS) is 16.8. The van der Waals surface area contributed by atoms with E-state index in [2.05, 4.69) is 30.0 Å². The minimum Gasteiger partial charge on any atom is -0.497 e. The number of rotatable bonds is 16. The van der Waals surface area contributed by atoms with E-state index in [4.69, 9.17) is 21.1 Å². The fourth-order valence-corrected chi connectivity index (χ4v) is 8.80. The van der Waals surface area contributed by atoms with E-state index in [9.17, 15) is 27.6 Å². The number of anilines is 1. The number of thioether (sulfide) groups is 1. The van der Waals surface area contributed by atoms with Crippen LogP contribution in [0.4, 0.5) is 18.3 Å². The van der Waals surface area contributed by atoms with Crippen LogP contribution in [0, 0.1) is 0 Å². The number of nitrogens with one attached hydrogen (secondary N) is 2. The highest BCUT2D eigenvalue weighted by molar-refractivity contribution is 8.00. The zero-order chi connectivity index (χ0) is 43.0. The number of halogens is 4. The molecule has 12 nitrogen and oxygen atoms in total. The predicted molar refractivity (Wildman–Crippen MR) is 226 cm³/mol. The molecule has 4 aromatic carbocycles. The first-order valence-electron chi connectivity index (χ1n) is 18.6. The summed E-state index contributed by atoms with van der Waals surface area (Å²) in [7, 11) is 1.53. The molecule has 2 aliphatic heterocycles. The van der Waals surface area contributed by atoms with Gasteiger partial charge < -0.3 is 24.9 Å². The van der Waals surface area contributed by atoms with E-state index in [-0.39, 0.29) is 34.9 Å². The molecule has 5 aromatic rings. The van der Waals surface area contributed by atoms with Gasteiger partial charge in [0.2, 0.25) is 23.3 Å². The maximum absolute atomic E-state index is 14.0. The lowest BCUT2D eigenvalue weighted by molar-refractivity contribution is -0.174. The first-order chi connectivity index (χ1) is 29.5. The van der Waals surface area contributed by atoms with E-state index < -0.39 is 53.2 Å². The molecule has 3 heterocycles. The van der Waals surface area contributed by atoms with Crippen LogP contribution in [0.25, 0.3) is 0 Å². The molecule has 2 atom stereocenters. The van der Waals surface area contributed by atoms with Crippen LogP contribution >= 0.6 is 34.9 Å². The Balaban J connectivity index is 1.16. The number of methoxy groups -OCH3 is 1. The smallest absolute Gasteiger partial charge is 0.425 e. The average Bonchev–Trinajstić information content (AvgIpc) is 3.75. The number of esters is 1. The van der Waals surface area contributed by atoms with E-state index in [0.717, 1.165) is 28.2 Å². The highest BCUT2D eigenvalue weighted by atomic mass is 35.5. The highest BCUT2D eigenvalue weighted by Gasteiger charge is 2.54. The molecular weight excluding hydrogens is 853 g/mol. The molecule has 18 heteroatoms. The molecule has 1 saturated heterocycles. The third kappa shape index (κ3) is 9.58. The summed E-state index contributed by atoms with van der Waals surface area (Å²) in [4.78, 5) is 51.8. The second-order valence-electron chi connectivity index (χ2n) is 13.4. The first kappa shape index (κ1) is 42.9. The maximum atomic E-state index is 14.0. The molecule has 314 valence electrons. The van der Waals surface area contributed by atoms with Gasteiger partial charge in [0.15, 0.2) is 0 Å². The summed E-state index contributed by atoms with van der Waals surface area (Å²) >= 11 is 8.00. The second kappa shape index (κ2) is 19.0. The van der Waals surface area contributed by atoms with Crippen molar-refractivity contribution >= 4 is 63.5 Å². The number of hydrogen-bond donors (Lipinski definition) is 2. The Morgan fingerprint density at radius 2 is 1.54 bits per heavy atom. The topological polar surface area (TPSA) is 144 Å². The van der Waals surface area contributed by atoms with Crippen molar-refractivity contribution in [2.24, 2.45) is 5.16 Å². The van der Waals surface area contributed by atoms with Crippen LogP contribution in [0.3, 0.4) is 0 Å². The SMILES string of the molecule is COc1ccc(COC(=O)C2=C(/C=C\CCl)CS[C@@H]3[C@H](NC(=O)/C(=N\OCC(F)(F)F)c4nsc(NC(c5ccccc5)(c5ccccc5)c5ccccc5)n4)C(=O)N23)cc1. The van der Waals surface area contributed by atoms with Crippen LogP contribution < -0.4 is 15.4 Å². The molecule has 61 heavy (non-hydrogen) atoms. The summed E-state index contributed by atoms with van der Waals surface area (Å²) in [5, 5.41) is 9.04. The number of allylic oxidation sites excluding steroid dienone is 2. The zero-order valence-electron chi connectivity index (χ0n) is 32.2. The summed E-state index contributed by atoms with van der Waals surface area (Å²) in [6.45, 7) is -1.91. The Kier molecular flexibility index (Phi) is 13.4. The molecular formula is C43H36ClF3N6O6S2. The molecule has 1 aromatic heterocycles. The summed E-state index contributed by atoms with van der Waals surface area (Å²) in [5.74, 6) is -1.87. The highest BCUT2D eigenvalue weighted by Crippen LogP contribution is 2.42. The van der Waals surface area contributed by atoms with Gasteiger partial charge in [-0.05, 0) is 40.0 Å². The van der Waals surface area contributed by atoms with Crippen molar-refractivity contribution in [2.45, 2.75) is 29.7 Å². The number of β-lactam (4-membered cyclic amide) rings is 1. The Bertz CT molecular complexity index is 2340. The number of benzene rings is 4. The van der Waals surface area contributed by atoms with Gasteiger partial charge in [-0.1, -0.05) is 120 Å². The van der Waals surface area contributed by atoms with Crippen molar-refractivity contribution in [1.82, 2.24) is 19.6 Å². The quantitative estimate of drug-likeness (QED) is 0.0257. The minimum absolute atomic E-state index is 0.0212. The number of carbonyl (C=O) groups is 3.